The molecule has 1 fully saturated rings. The molecule has 1 rings (SSSR count). The predicted molar refractivity (Wildman–Crippen MR) is 48.9 cm³/mol. The summed E-state index contributed by atoms with van der Waals surface area (Å²) in [6, 6.07) is 0. The first-order valence-corrected chi connectivity index (χ1v) is 4.34. The topological polar surface area (TPSA) is 38.5 Å². The zero-order valence-corrected chi connectivity index (χ0v) is 7.65. The van der Waals surface area contributed by atoms with Crippen molar-refractivity contribution in [3.05, 3.63) is 0 Å². The lowest BCUT2D eigenvalue weighted by Gasteiger charge is -2.31. The molecule has 70 valence electrons. The van der Waals surface area contributed by atoms with Gasteiger partial charge in [-0.1, -0.05) is 12.2 Å². The molecule has 12 heavy (non-hydrogen) atoms. The SMILES string of the molecule is NC(=S)C1CN(CCF)CCO1. The summed E-state index contributed by atoms with van der Waals surface area (Å²) in [4.78, 5) is 2.33. The summed E-state index contributed by atoms with van der Waals surface area (Å²) in [7, 11) is 0. The number of hydrogen-bond acceptors (Lipinski definition) is 3. The van der Waals surface area contributed by atoms with Crippen LogP contribution in [0.15, 0.2) is 0 Å². The molecule has 0 aromatic heterocycles. The molecule has 0 amide bonds. The molecule has 1 unspecified atom stereocenters. The smallest absolute Gasteiger partial charge is 0.120 e. The van der Waals surface area contributed by atoms with E-state index in [1.807, 2.05) is 4.90 Å². The van der Waals surface area contributed by atoms with Gasteiger partial charge in [0.05, 0.1) is 6.61 Å². The fourth-order valence-electron chi connectivity index (χ4n) is 1.20. The fourth-order valence-corrected chi connectivity index (χ4v) is 1.34. The van der Waals surface area contributed by atoms with Gasteiger partial charge in [-0.2, -0.15) is 0 Å². The van der Waals surface area contributed by atoms with Crippen molar-refractivity contribution in [3.63, 3.8) is 0 Å². The monoisotopic (exact) mass is 192 g/mol. The van der Waals surface area contributed by atoms with E-state index in [1.165, 1.54) is 0 Å². The van der Waals surface area contributed by atoms with E-state index in [1.54, 1.807) is 0 Å². The summed E-state index contributed by atoms with van der Waals surface area (Å²) in [6.07, 6.45) is -0.194. The van der Waals surface area contributed by atoms with Crippen LogP contribution in [0.25, 0.3) is 0 Å². The average Bonchev–Trinajstić information content (AvgIpc) is 2.05. The van der Waals surface area contributed by atoms with Crippen molar-refractivity contribution in [1.29, 1.82) is 0 Å². The fraction of sp³-hybridized carbons (Fsp3) is 0.857. The molecular weight excluding hydrogens is 179 g/mol. The number of alkyl halides is 1. The highest BCUT2D eigenvalue weighted by Crippen LogP contribution is 2.04. The number of nitrogens with two attached hydrogens (primary N) is 1. The lowest BCUT2D eigenvalue weighted by Crippen LogP contribution is -2.48. The van der Waals surface area contributed by atoms with Crippen LogP contribution in [0.3, 0.4) is 0 Å². The van der Waals surface area contributed by atoms with Gasteiger partial charge in [0.1, 0.15) is 17.8 Å². The van der Waals surface area contributed by atoms with E-state index in [2.05, 4.69) is 0 Å². The van der Waals surface area contributed by atoms with Gasteiger partial charge in [0.15, 0.2) is 0 Å². The van der Waals surface area contributed by atoms with E-state index in [0.717, 1.165) is 6.54 Å². The first-order chi connectivity index (χ1) is 5.74. The van der Waals surface area contributed by atoms with Crippen LogP contribution in [0.1, 0.15) is 0 Å². The maximum atomic E-state index is 12.0. The molecule has 1 aliphatic heterocycles. The van der Waals surface area contributed by atoms with Crippen LogP contribution in [0.2, 0.25) is 0 Å². The zero-order chi connectivity index (χ0) is 8.97. The van der Waals surface area contributed by atoms with Gasteiger partial charge in [-0.25, -0.2) is 4.39 Å². The summed E-state index contributed by atoms with van der Waals surface area (Å²) >= 11 is 4.78. The highest BCUT2D eigenvalue weighted by Gasteiger charge is 2.21. The van der Waals surface area contributed by atoms with Gasteiger partial charge < -0.3 is 10.5 Å². The number of hydrogen-bond donors (Lipinski definition) is 1. The molecule has 0 aromatic carbocycles. The van der Waals surface area contributed by atoms with Crippen molar-refractivity contribution in [2.75, 3.05) is 32.9 Å². The van der Waals surface area contributed by atoms with E-state index >= 15 is 0 Å². The van der Waals surface area contributed by atoms with Gasteiger partial charge in [0, 0.05) is 19.6 Å². The molecule has 0 bridgehead atoms. The molecule has 1 saturated heterocycles. The van der Waals surface area contributed by atoms with Crippen LogP contribution < -0.4 is 5.73 Å². The molecule has 0 aromatic rings. The number of thiocarbonyl (C=S) groups is 1. The minimum atomic E-state index is -0.329. The van der Waals surface area contributed by atoms with Crippen molar-refractivity contribution in [1.82, 2.24) is 4.90 Å². The number of nitrogens with zero attached hydrogens (tertiary/aromatic N) is 1. The van der Waals surface area contributed by atoms with Gasteiger partial charge in [-0.3, -0.25) is 4.90 Å². The molecule has 1 atom stereocenters. The van der Waals surface area contributed by atoms with E-state index in [9.17, 15) is 4.39 Å². The number of ether oxygens (including phenoxy) is 1. The molecule has 5 heteroatoms. The van der Waals surface area contributed by atoms with E-state index in [4.69, 9.17) is 22.7 Å². The molecule has 0 radical (unpaired) electrons. The molecule has 1 aliphatic rings. The van der Waals surface area contributed by atoms with Gasteiger partial charge in [0.2, 0.25) is 0 Å². The highest BCUT2D eigenvalue weighted by molar-refractivity contribution is 7.80. The third-order valence-corrected chi connectivity index (χ3v) is 2.13. The number of halogens is 1. The third kappa shape index (κ3) is 2.66. The maximum Gasteiger partial charge on any atom is 0.120 e. The first kappa shape index (κ1) is 9.83. The molecule has 0 aliphatic carbocycles. The second-order valence-electron chi connectivity index (χ2n) is 2.75. The van der Waals surface area contributed by atoms with Crippen LogP contribution >= 0.6 is 12.2 Å². The van der Waals surface area contributed by atoms with Crippen molar-refractivity contribution >= 4 is 17.2 Å². The second kappa shape index (κ2) is 4.69. The molecule has 0 spiro atoms. The molecule has 3 nitrogen and oxygen atoms in total. The van der Waals surface area contributed by atoms with Gasteiger partial charge in [0.25, 0.3) is 0 Å². The Balaban J connectivity index is 2.35. The Labute approximate surface area is 76.7 Å². The Bertz CT molecular complexity index is 165. The number of rotatable bonds is 3. The standard InChI is InChI=1S/C7H13FN2OS/c8-1-2-10-3-4-11-6(5-10)7(9)12/h6H,1-5H2,(H2,9,12). The molecule has 0 saturated carbocycles. The lowest BCUT2D eigenvalue weighted by molar-refractivity contribution is 0.00543. The lowest BCUT2D eigenvalue weighted by atomic mass is 10.3. The Morgan fingerprint density at radius 1 is 1.75 bits per heavy atom. The predicted octanol–water partition coefficient (Wildman–Crippen LogP) is -0.0572. The van der Waals surface area contributed by atoms with Crippen LogP contribution in [0.5, 0.6) is 0 Å². The summed E-state index contributed by atoms with van der Waals surface area (Å²) in [5, 5.41) is 0. The Morgan fingerprint density at radius 2 is 2.50 bits per heavy atom. The van der Waals surface area contributed by atoms with Crippen LogP contribution in [-0.2, 0) is 4.74 Å². The van der Waals surface area contributed by atoms with Crippen molar-refractivity contribution in [3.8, 4) is 0 Å². The summed E-state index contributed by atoms with van der Waals surface area (Å²) in [6.45, 7) is 2.09. The Kier molecular flexibility index (Phi) is 3.84. The van der Waals surface area contributed by atoms with Gasteiger partial charge in [-0.05, 0) is 0 Å². The van der Waals surface area contributed by atoms with Crippen LogP contribution in [0.4, 0.5) is 4.39 Å². The molecule has 1 heterocycles. The quantitative estimate of drug-likeness (QED) is 0.636. The van der Waals surface area contributed by atoms with E-state index in [0.29, 0.717) is 24.7 Å². The maximum absolute atomic E-state index is 12.0. The minimum Gasteiger partial charge on any atom is -0.391 e. The van der Waals surface area contributed by atoms with Crippen molar-refractivity contribution in [2.24, 2.45) is 5.73 Å². The average molecular weight is 192 g/mol. The van der Waals surface area contributed by atoms with Crippen LogP contribution in [-0.4, -0.2) is 48.9 Å². The number of morpholine rings is 1. The minimum absolute atomic E-state index is 0.194. The van der Waals surface area contributed by atoms with Gasteiger partial charge in [-0.15, -0.1) is 0 Å². The second-order valence-corrected chi connectivity index (χ2v) is 3.22. The normalized spacial score (nSPS) is 25.6. The summed E-state index contributed by atoms with van der Waals surface area (Å²) in [5.41, 5.74) is 5.41. The van der Waals surface area contributed by atoms with E-state index in [-0.39, 0.29) is 12.8 Å². The van der Waals surface area contributed by atoms with Crippen molar-refractivity contribution < 1.29 is 9.13 Å². The highest BCUT2D eigenvalue weighted by atomic mass is 32.1. The summed E-state index contributed by atoms with van der Waals surface area (Å²) in [5.74, 6) is 0. The molecular formula is C7H13FN2OS. The Hall–Kier alpha value is -0.260. The largest absolute Gasteiger partial charge is 0.391 e. The molecule has 2 N–H and O–H groups in total. The van der Waals surface area contributed by atoms with E-state index < -0.39 is 0 Å². The third-order valence-electron chi connectivity index (χ3n) is 1.87. The van der Waals surface area contributed by atoms with Crippen LogP contribution in [0, 0.1) is 0 Å². The Morgan fingerprint density at radius 3 is 3.08 bits per heavy atom. The zero-order valence-electron chi connectivity index (χ0n) is 6.83. The first-order valence-electron chi connectivity index (χ1n) is 3.93. The summed E-state index contributed by atoms with van der Waals surface area (Å²) < 4.78 is 17.2. The van der Waals surface area contributed by atoms with Crippen molar-refractivity contribution in [2.45, 2.75) is 6.10 Å². The van der Waals surface area contributed by atoms with Gasteiger partial charge >= 0.3 is 0 Å².